The first-order valence-corrected chi connectivity index (χ1v) is 7.26. The van der Waals surface area contributed by atoms with Gasteiger partial charge >= 0.3 is 6.03 Å². The van der Waals surface area contributed by atoms with Gasteiger partial charge in [0.15, 0.2) is 6.10 Å². The fraction of sp³-hybridized carbons (Fsp3) is 0.500. The average molecular weight is 307 g/mol. The van der Waals surface area contributed by atoms with Crippen LogP contribution in [0.25, 0.3) is 0 Å². The van der Waals surface area contributed by atoms with Crippen LogP contribution in [0.3, 0.4) is 0 Å². The minimum Gasteiger partial charge on any atom is -0.390 e. The number of carbonyl (C=O) groups is 1. The minimum atomic E-state index is -0.301. The molecule has 0 spiro atoms. The summed E-state index contributed by atoms with van der Waals surface area (Å²) in [7, 11) is 1.71. The van der Waals surface area contributed by atoms with Crippen LogP contribution in [0.15, 0.2) is 29.4 Å². The zero-order valence-corrected chi connectivity index (χ0v) is 13.4. The predicted octanol–water partition coefficient (Wildman–Crippen LogP) is 2.76. The summed E-state index contributed by atoms with van der Waals surface area (Å²) < 4.78 is 13.2. The van der Waals surface area contributed by atoms with E-state index >= 15 is 0 Å². The van der Waals surface area contributed by atoms with Gasteiger partial charge in [-0.2, -0.15) is 0 Å². The Kier molecular flexibility index (Phi) is 4.68. The van der Waals surface area contributed by atoms with Gasteiger partial charge in [-0.3, -0.25) is 0 Å². The van der Waals surface area contributed by atoms with E-state index in [1.54, 1.807) is 24.1 Å². The number of oxime groups is 1. The number of hydrogen-bond donors (Lipinski definition) is 1. The molecule has 22 heavy (non-hydrogen) atoms. The molecule has 1 N–H and O–H groups in total. The van der Waals surface area contributed by atoms with E-state index in [1.165, 1.54) is 12.1 Å². The van der Waals surface area contributed by atoms with E-state index in [2.05, 4.69) is 10.5 Å². The Hall–Kier alpha value is -2.11. The van der Waals surface area contributed by atoms with Crippen molar-refractivity contribution < 1.29 is 14.0 Å². The third-order valence-corrected chi connectivity index (χ3v) is 3.20. The highest BCUT2D eigenvalue weighted by molar-refractivity contribution is 6.01. The van der Waals surface area contributed by atoms with E-state index in [0.717, 1.165) is 0 Å². The number of carbonyl (C=O) groups excluding carboxylic acids is 1. The second-order valence-electron chi connectivity index (χ2n) is 6.54. The van der Waals surface area contributed by atoms with E-state index < -0.39 is 0 Å². The molecule has 1 aromatic rings. The predicted molar refractivity (Wildman–Crippen MR) is 83.3 cm³/mol. The van der Waals surface area contributed by atoms with Crippen LogP contribution in [0.2, 0.25) is 0 Å². The van der Waals surface area contributed by atoms with Crippen molar-refractivity contribution in [3.05, 3.63) is 35.6 Å². The molecular weight excluding hydrogens is 285 g/mol. The molecule has 2 rings (SSSR count). The first kappa shape index (κ1) is 16.3. The van der Waals surface area contributed by atoms with E-state index in [1.807, 2.05) is 20.8 Å². The zero-order valence-electron chi connectivity index (χ0n) is 13.4. The molecule has 5 nitrogen and oxygen atoms in total. The van der Waals surface area contributed by atoms with E-state index in [0.29, 0.717) is 24.2 Å². The second kappa shape index (κ2) is 6.34. The van der Waals surface area contributed by atoms with Crippen molar-refractivity contribution in [3.63, 3.8) is 0 Å². The van der Waals surface area contributed by atoms with Gasteiger partial charge in [0, 0.05) is 24.6 Å². The van der Waals surface area contributed by atoms with Crippen LogP contribution in [0.4, 0.5) is 9.18 Å². The van der Waals surface area contributed by atoms with Crippen LogP contribution < -0.4 is 5.32 Å². The molecule has 2 amide bonds. The standard InChI is InChI=1S/C16H22FN3O2/c1-16(2,3)18-15(21)20(4)10-13-9-14(19-22-13)11-6-5-7-12(17)8-11/h5-8,13H,9-10H2,1-4H3,(H,18,21)/t13-/m0/s1. The summed E-state index contributed by atoms with van der Waals surface area (Å²) in [5, 5.41) is 6.89. The van der Waals surface area contributed by atoms with Gasteiger partial charge in [-0.1, -0.05) is 17.3 Å². The van der Waals surface area contributed by atoms with Gasteiger partial charge in [-0.05, 0) is 32.9 Å². The molecular formula is C16H22FN3O2. The molecule has 0 bridgehead atoms. The first-order chi connectivity index (χ1) is 10.2. The summed E-state index contributed by atoms with van der Waals surface area (Å²) in [6.45, 7) is 6.20. The van der Waals surface area contributed by atoms with Crippen LogP contribution >= 0.6 is 0 Å². The van der Waals surface area contributed by atoms with Crippen molar-refractivity contribution in [3.8, 4) is 0 Å². The lowest BCUT2D eigenvalue weighted by Gasteiger charge is -2.26. The van der Waals surface area contributed by atoms with Crippen molar-refractivity contribution in [1.82, 2.24) is 10.2 Å². The molecule has 1 aliphatic heterocycles. The van der Waals surface area contributed by atoms with Gasteiger partial charge in [-0.15, -0.1) is 0 Å². The highest BCUT2D eigenvalue weighted by atomic mass is 19.1. The number of rotatable bonds is 3. The van der Waals surface area contributed by atoms with Crippen molar-refractivity contribution in [2.24, 2.45) is 5.16 Å². The SMILES string of the molecule is CN(C[C@@H]1CC(c2cccc(F)c2)=NO1)C(=O)NC(C)(C)C. The molecule has 1 aromatic carbocycles. The fourth-order valence-corrected chi connectivity index (χ4v) is 2.17. The molecule has 1 heterocycles. The Morgan fingerprint density at radius 1 is 1.50 bits per heavy atom. The molecule has 1 aliphatic rings. The fourth-order valence-electron chi connectivity index (χ4n) is 2.17. The number of urea groups is 1. The van der Waals surface area contributed by atoms with Crippen LogP contribution in [0.1, 0.15) is 32.8 Å². The normalized spacial score (nSPS) is 17.7. The van der Waals surface area contributed by atoms with Crippen molar-refractivity contribution >= 4 is 11.7 Å². The Balaban J connectivity index is 1.89. The Morgan fingerprint density at radius 2 is 2.23 bits per heavy atom. The molecule has 0 unspecified atom stereocenters. The van der Waals surface area contributed by atoms with E-state index in [9.17, 15) is 9.18 Å². The number of benzene rings is 1. The highest BCUT2D eigenvalue weighted by Gasteiger charge is 2.26. The first-order valence-electron chi connectivity index (χ1n) is 7.26. The van der Waals surface area contributed by atoms with Gasteiger partial charge < -0.3 is 15.1 Å². The number of halogens is 1. The molecule has 1 atom stereocenters. The molecule has 6 heteroatoms. The summed E-state index contributed by atoms with van der Waals surface area (Å²) in [5.74, 6) is -0.301. The molecule has 0 fully saturated rings. The maximum absolute atomic E-state index is 13.2. The zero-order chi connectivity index (χ0) is 16.3. The lowest BCUT2D eigenvalue weighted by atomic mass is 10.0. The maximum atomic E-state index is 13.2. The number of likely N-dealkylation sites (N-methyl/N-ethyl adjacent to an activating group) is 1. The number of nitrogens with zero attached hydrogens (tertiary/aromatic N) is 2. The van der Waals surface area contributed by atoms with Crippen LogP contribution in [-0.2, 0) is 4.84 Å². The second-order valence-corrected chi connectivity index (χ2v) is 6.54. The quantitative estimate of drug-likeness (QED) is 0.933. The molecule has 0 aromatic heterocycles. The lowest BCUT2D eigenvalue weighted by molar-refractivity contribution is 0.0649. The summed E-state index contributed by atoms with van der Waals surface area (Å²) in [4.78, 5) is 18.9. The Bertz CT molecular complexity index is 581. The smallest absolute Gasteiger partial charge is 0.317 e. The Labute approximate surface area is 130 Å². The number of amides is 2. The van der Waals surface area contributed by atoms with Gasteiger partial charge in [0.2, 0.25) is 0 Å². The van der Waals surface area contributed by atoms with Gasteiger partial charge in [0.05, 0.1) is 12.3 Å². The summed E-state index contributed by atoms with van der Waals surface area (Å²) in [6, 6.07) is 6.10. The van der Waals surface area contributed by atoms with Crippen molar-refractivity contribution in [1.29, 1.82) is 0 Å². The molecule has 0 radical (unpaired) electrons. The largest absolute Gasteiger partial charge is 0.390 e. The van der Waals surface area contributed by atoms with Crippen molar-refractivity contribution in [2.75, 3.05) is 13.6 Å². The minimum absolute atomic E-state index is 0.157. The Morgan fingerprint density at radius 3 is 2.86 bits per heavy atom. The monoisotopic (exact) mass is 307 g/mol. The summed E-state index contributed by atoms with van der Waals surface area (Å²) in [6.07, 6.45) is 0.338. The van der Waals surface area contributed by atoms with Gasteiger partial charge in [0.1, 0.15) is 5.82 Å². The van der Waals surface area contributed by atoms with Crippen LogP contribution in [-0.4, -0.2) is 41.9 Å². The van der Waals surface area contributed by atoms with Gasteiger partial charge in [0.25, 0.3) is 0 Å². The number of nitrogens with one attached hydrogen (secondary N) is 1. The molecule has 0 saturated carbocycles. The van der Waals surface area contributed by atoms with Crippen LogP contribution in [0, 0.1) is 5.82 Å². The third kappa shape index (κ3) is 4.44. The third-order valence-electron chi connectivity index (χ3n) is 3.20. The highest BCUT2D eigenvalue weighted by Crippen LogP contribution is 2.18. The van der Waals surface area contributed by atoms with E-state index in [-0.39, 0.29) is 23.5 Å². The topological polar surface area (TPSA) is 53.9 Å². The lowest BCUT2D eigenvalue weighted by Crippen LogP contribution is -2.48. The van der Waals surface area contributed by atoms with Gasteiger partial charge in [-0.25, -0.2) is 9.18 Å². The maximum Gasteiger partial charge on any atom is 0.317 e. The molecule has 0 aliphatic carbocycles. The molecule has 120 valence electrons. The number of hydrogen-bond acceptors (Lipinski definition) is 3. The summed E-state index contributed by atoms with van der Waals surface area (Å²) in [5.41, 5.74) is 1.13. The molecule has 0 saturated heterocycles. The summed E-state index contributed by atoms with van der Waals surface area (Å²) >= 11 is 0. The van der Waals surface area contributed by atoms with Crippen LogP contribution in [0.5, 0.6) is 0 Å². The van der Waals surface area contributed by atoms with Crippen molar-refractivity contribution in [2.45, 2.75) is 38.8 Å². The van der Waals surface area contributed by atoms with E-state index in [4.69, 9.17) is 4.84 Å². The average Bonchev–Trinajstić information content (AvgIpc) is 2.85.